The Balaban J connectivity index is 1.52. The normalized spacial score (nSPS) is 13.8. The summed E-state index contributed by atoms with van der Waals surface area (Å²) in [5, 5.41) is 4.55. The molecule has 1 aliphatic rings. The molecular formula is C27H23F3N4O3S. The van der Waals surface area contributed by atoms with Gasteiger partial charge in [0.25, 0.3) is 5.91 Å². The second-order valence-electron chi connectivity index (χ2n) is 8.87. The highest BCUT2D eigenvalue weighted by molar-refractivity contribution is 7.89. The first kappa shape index (κ1) is 25.7. The molecule has 1 aliphatic heterocycles. The summed E-state index contributed by atoms with van der Waals surface area (Å²) < 4.78 is 71.9. The van der Waals surface area contributed by atoms with Gasteiger partial charge in [-0.1, -0.05) is 30.3 Å². The molecule has 0 N–H and O–H groups in total. The van der Waals surface area contributed by atoms with Crippen molar-refractivity contribution in [2.45, 2.75) is 24.4 Å². The zero-order valence-electron chi connectivity index (χ0n) is 20.3. The van der Waals surface area contributed by atoms with Crippen LogP contribution in [0.1, 0.15) is 27.3 Å². The van der Waals surface area contributed by atoms with Gasteiger partial charge in [0.1, 0.15) is 22.3 Å². The number of rotatable bonds is 6. The lowest BCUT2D eigenvalue weighted by molar-refractivity contribution is 0.0980. The van der Waals surface area contributed by atoms with Crippen LogP contribution in [-0.4, -0.2) is 35.0 Å². The van der Waals surface area contributed by atoms with E-state index in [2.05, 4.69) is 5.10 Å². The summed E-state index contributed by atoms with van der Waals surface area (Å²) in [6.07, 6.45) is 0.279. The highest BCUT2D eigenvalue weighted by Gasteiger charge is 2.34. The Morgan fingerprint density at radius 2 is 1.68 bits per heavy atom. The van der Waals surface area contributed by atoms with Gasteiger partial charge in [0.05, 0.1) is 17.8 Å². The molecule has 4 aromatic rings. The summed E-state index contributed by atoms with van der Waals surface area (Å²) in [6, 6.07) is 16.6. The molecule has 0 atom stereocenters. The number of para-hydroxylation sites is 1. The van der Waals surface area contributed by atoms with Crippen LogP contribution in [0.2, 0.25) is 0 Å². The third-order valence-electron chi connectivity index (χ3n) is 6.53. The molecule has 0 saturated carbocycles. The summed E-state index contributed by atoms with van der Waals surface area (Å²) in [5.74, 6) is -3.17. The monoisotopic (exact) mass is 540 g/mol. The van der Waals surface area contributed by atoms with Gasteiger partial charge in [-0.3, -0.25) is 9.48 Å². The maximum atomic E-state index is 14.5. The Morgan fingerprint density at radius 3 is 2.42 bits per heavy atom. The Morgan fingerprint density at radius 1 is 0.974 bits per heavy atom. The number of amides is 1. The summed E-state index contributed by atoms with van der Waals surface area (Å²) in [4.78, 5) is 14.1. The molecule has 1 aromatic heterocycles. The fraction of sp³-hybridized carbons (Fsp3) is 0.185. The van der Waals surface area contributed by atoms with Gasteiger partial charge in [-0.15, -0.1) is 0 Å². The number of aromatic nitrogens is 2. The van der Waals surface area contributed by atoms with Gasteiger partial charge in [-0.25, -0.2) is 21.6 Å². The third-order valence-corrected chi connectivity index (χ3v) is 8.39. The van der Waals surface area contributed by atoms with Crippen molar-refractivity contribution >= 4 is 21.6 Å². The van der Waals surface area contributed by atoms with Crippen LogP contribution in [0.4, 0.5) is 18.9 Å². The molecule has 2 heterocycles. The predicted molar refractivity (Wildman–Crippen MR) is 134 cm³/mol. The van der Waals surface area contributed by atoms with Gasteiger partial charge in [-0.05, 0) is 42.5 Å². The zero-order chi connectivity index (χ0) is 27.0. The van der Waals surface area contributed by atoms with E-state index in [1.54, 1.807) is 48.1 Å². The van der Waals surface area contributed by atoms with Gasteiger partial charge in [-0.2, -0.15) is 9.40 Å². The molecule has 0 saturated heterocycles. The minimum absolute atomic E-state index is 0.0425. The van der Waals surface area contributed by atoms with E-state index in [4.69, 9.17) is 0 Å². The van der Waals surface area contributed by atoms with Gasteiger partial charge in [0.2, 0.25) is 10.0 Å². The molecule has 38 heavy (non-hydrogen) atoms. The number of halogens is 3. The first-order valence-electron chi connectivity index (χ1n) is 11.8. The number of aryl methyl sites for hydroxylation is 1. The van der Waals surface area contributed by atoms with Crippen molar-refractivity contribution in [1.82, 2.24) is 14.1 Å². The molecule has 0 bridgehead atoms. The molecule has 1 amide bonds. The van der Waals surface area contributed by atoms with E-state index in [-0.39, 0.29) is 31.6 Å². The number of fused-ring (bicyclic) bond motifs is 1. The molecule has 11 heteroatoms. The average Bonchev–Trinajstić information content (AvgIpc) is 3.23. The van der Waals surface area contributed by atoms with Crippen molar-refractivity contribution in [3.05, 3.63) is 113 Å². The Labute approximate surface area is 217 Å². The maximum Gasteiger partial charge on any atom is 0.261 e. The van der Waals surface area contributed by atoms with E-state index >= 15 is 0 Å². The second-order valence-corrected chi connectivity index (χ2v) is 10.8. The quantitative estimate of drug-likeness (QED) is 0.363. The molecule has 3 aromatic carbocycles. The molecular weight excluding hydrogens is 517 g/mol. The molecule has 0 unspecified atom stereocenters. The van der Waals surface area contributed by atoms with E-state index in [0.29, 0.717) is 23.0 Å². The average molecular weight is 541 g/mol. The van der Waals surface area contributed by atoms with Crippen molar-refractivity contribution < 1.29 is 26.4 Å². The van der Waals surface area contributed by atoms with Crippen LogP contribution >= 0.6 is 0 Å². The Hall–Kier alpha value is -3.96. The van der Waals surface area contributed by atoms with Crippen LogP contribution in [0.3, 0.4) is 0 Å². The van der Waals surface area contributed by atoms with Crippen molar-refractivity contribution in [2.24, 2.45) is 7.05 Å². The summed E-state index contributed by atoms with van der Waals surface area (Å²) in [6.45, 7) is -0.170. The number of nitrogens with zero attached hydrogens (tertiary/aromatic N) is 4. The van der Waals surface area contributed by atoms with Gasteiger partial charge < -0.3 is 4.90 Å². The molecule has 0 spiro atoms. The lowest BCUT2D eigenvalue weighted by Gasteiger charge is -2.28. The first-order chi connectivity index (χ1) is 18.2. The summed E-state index contributed by atoms with van der Waals surface area (Å²) in [5.41, 5.74) is 2.11. The van der Waals surface area contributed by atoms with Gasteiger partial charge >= 0.3 is 0 Å². The third kappa shape index (κ3) is 4.70. The number of hydrogen-bond donors (Lipinski definition) is 0. The van der Waals surface area contributed by atoms with E-state index in [0.717, 1.165) is 22.1 Å². The van der Waals surface area contributed by atoms with Crippen LogP contribution in [-0.2, 0) is 36.6 Å². The number of sulfonamides is 1. The highest BCUT2D eigenvalue weighted by atomic mass is 32.2. The Kier molecular flexibility index (Phi) is 6.80. The van der Waals surface area contributed by atoms with Crippen LogP contribution in [0.15, 0.2) is 77.7 Å². The van der Waals surface area contributed by atoms with E-state index in [1.807, 2.05) is 0 Å². The topological polar surface area (TPSA) is 75.5 Å². The van der Waals surface area contributed by atoms with Crippen molar-refractivity contribution in [3.63, 3.8) is 0 Å². The van der Waals surface area contributed by atoms with E-state index in [1.165, 1.54) is 23.1 Å². The van der Waals surface area contributed by atoms with Crippen molar-refractivity contribution in [3.8, 4) is 0 Å². The van der Waals surface area contributed by atoms with Crippen LogP contribution < -0.4 is 4.90 Å². The first-order valence-corrected chi connectivity index (χ1v) is 13.2. The number of carbonyl (C=O) groups is 1. The maximum absolute atomic E-state index is 14.5. The van der Waals surface area contributed by atoms with Gasteiger partial charge in [0.15, 0.2) is 0 Å². The predicted octanol–water partition coefficient (Wildman–Crippen LogP) is 4.43. The minimum Gasteiger partial charge on any atom is -0.302 e. The number of anilines is 1. The zero-order valence-corrected chi connectivity index (χ0v) is 21.1. The van der Waals surface area contributed by atoms with Crippen LogP contribution in [0.25, 0.3) is 0 Å². The summed E-state index contributed by atoms with van der Waals surface area (Å²) in [7, 11) is -2.65. The number of hydrogen-bond acceptors (Lipinski definition) is 4. The van der Waals surface area contributed by atoms with E-state index in [9.17, 15) is 26.4 Å². The number of benzene rings is 3. The standard InChI is InChI=1S/C27H23F3N4O3S/c1-32-25-13-14-33(38(36,37)26-15-18(28)11-12-23(26)30)16-21(25)24(31-32)17-34(19-7-3-2-4-8-19)27(35)20-9-5-6-10-22(20)29/h2-12,15H,13-14,16-17H2,1H3. The summed E-state index contributed by atoms with van der Waals surface area (Å²) >= 11 is 0. The largest absolute Gasteiger partial charge is 0.302 e. The second kappa shape index (κ2) is 10.1. The molecule has 0 radical (unpaired) electrons. The molecule has 0 aliphatic carbocycles. The number of carbonyl (C=O) groups excluding carboxylic acids is 1. The van der Waals surface area contributed by atoms with Crippen LogP contribution in [0, 0.1) is 17.5 Å². The lowest BCUT2D eigenvalue weighted by Crippen LogP contribution is -2.37. The minimum atomic E-state index is -4.36. The Bertz CT molecular complexity index is 1620. The lowest BCUT2D eigenvalue weighted by atomic mass is 10.1. The molecule has 196 valence electrons. The fourth-order valence-corrected chi connectivity index (χ4v) is 6.09. The fourth-order valence-electron chi connectivity index (χ4n) is 4.61. The molecule has 5 rings (SSSR count). The highest BCUT2D eigenvalue weighted by Crippen LogP contribution is 2.30. The van der Waals surface area contributed by atoms with Crippen molar-refractivity contribution in [1.29, 1.82) is 0 Å². The van der Waals surface area contributed by atoms with Crippen molar-refractivity contribution in [2.75, 3.05) is 11.4 Å². The molecule has 0 fully saturated rings. The smallest absolute Gasteiger partial charge is 0.261 e. The van der Waals surface area contributed by atoms with E-state index < -0.39 is 38.3 Å². The van der Waals surface area contributed by atoms with Crippen LogP contribution in [0.5, 0.6) is 0 Å². The SMILES string of the molecule is Cn1nc(CN(C(=O)c2ccccc2F)c2ccccc2)c2c1CCN(S(=O)(=O)c1cc(F)ccc1F)C2. The van der Waals surface area contributed by atoms with Gasteiger partial charge in [0, 0.05) is 43.5 Å². The molecule has 7 nitrogen and oxygen atoms in total.